The van der Waals surface area contributed by atoms with Gasteiger partial charge in [-0.2, -0.15) is 0 Å². The van der Waals surface area contributed by atoms with Crippen molar-refractivity contribution in [2.24, 2.45) is 0 Å². The maximum absolute atomic E-state index is 11.9. The summed E-state index contributed by atoms with van der Waals surface area (Å²) in [6.45, 7) is -0.441. The predicted molar refractivity (Wildman–Crippen MR) is 88.4 cm³/mol. The van der Waals surface area contributed by atoms with Crippen LogP contribution in [0, 0.1) is 0 Å². The molecule has 124 valence electrons. The van der Waals surface area contributed by atoms with Crippen molar-refractivity contribution in [3.05, 3.63) is 40.6 Å². The Hall–Kier alpha value is -2.17. The largest absolute Gasteiger partial charge is 0.490 e. The topological polar surface area (TPSA) is 136 Å². The Morgan fingerprint density at radius 2 is 1.88 bits per heavy atom. The first kappa shape index (κ1) is 18.2. The van der Waals surface area contributed by atoms with Crippen LogP contribution in [0.15, 0.2) is 35.7 Å². The van der Waals surface area contributed by atoms with Gasteiger partial charge in [-0.25, -0.2) is 4.79 Å². The van der Waals surface area contributed by atoms with Crippen LogP contribution in [0.4, 0.5) is 0 Å². The van der Waals surface area contributed by atoms with E-state index in [0.717, 1.165) is 11.3 Å². The molecule has 0 spiro atoms. The van der Waals surface area contributed by atoms with Crippen molar-refractivity contribution in [2.45, 2.75) is 0 Å². The molecule has 24 heavy (non-hydrogen) atoms. The van der Waals surface area contributed by atoms with E-state index >= 15 is 0 Å². The molecule has 5 N–H and O–H groups in total. The Morgan fingerprint density at radius 3 is 2.54 bits per heavy atom. The number of esters is 1. The number of carbonyl (C=O) groups is 2. The van der Waals surface area contributed by atoms with Crippen LogP contribution in [0.5, 0.6) is 5.75 Å². The van der Waals surface area contributed by atoms with Crippen LogP contribution < -0.4 is 21.0 Å². The van der Waals surface area contributed by atoms with E-state index in [2.05, 4.69) is 5.32 Å². The molecule has 1 heterocycles. The number of thiophene rings is 1. The van der Waals surface area contributed by atoms with Crippen LogP contribution in [0.3, 0.4) is 0 Å². The number of hydrogen-bond donors (Lipinski definition) is 5. The second kappa shape index (κ2) is 8.08. The first-order chi connectivity index (χ1) is 11.4. The van der Waals surface area contributed by atoms with Crippen LogP contribution >= 0.6 is 11.3 Å². The predicted octanol–water partition coefficient (Wildman–Crippen LogP) is -2.56. The minimum Gasteiger partial charge on any atom is -0.425 e. The van der Waals surface area contributed by atoms with Crippen molar-refractivity contribution >= 4 is 48.4 Å². The van der Waals surface area contributed by atoms with Gasteiger partial charge in [-0.3, -0.25) is 4.79 Å². The molecule has 2 rings (SSSR count). The molecule has 1 amide bonds. The van der Waals surface area contributed by atoms with Gasteiger partial charge in [0, 0.05) is 5.46 Å². The van der Waals surface area contributed by atoms with Crippen molar-refractivity contribution in [2.75, 3.05) is 6.54 Å². The van der Waals surface area contributed by atoms with Crippen LogP contribution in [0.1, 0.15) is 9.67 Å². The summed E-state index contributed by atoms with van der Waals surface area (Å²) in [4.78, 5) is 23.8. The van der Waals surface area contributed by atoms with E-state index in [1.165, 1.54) is 35.7 Å². The first-order valence-corrected chi connectivity index (χ1v) is 7.65. The third-order valence-electron chi connectivity index (χ3n) is 2.96. The smallest absolute Gasteiger partial charge is 0.425 e. The molecular weight excluding hydrogens is 336 g/mol. The maximum atomic E-state index is 11.9. The molecule has 8 nitrogen and oxygen atoms in total. The molecule has 1 aromatic heterocycles. The molecule has 0 saturated carbocycles. The fraction of sp³-hybridized carbons (Fsp3) is 0.0769. The van der Waals surface area contributed by atoms with E-state index in [1.807, 2.05) is 0 Å². The Bertz CT molecular complexity index is 735. The molecule has 0 saturated heterocycles. The van der Waals surface area contributed by atoms with E-state index in [-0.39, 0.29) is 21.6 Å². The number of hydrogen-bond acceptors (Lipinski definition) is 8. The molecule has 0 aliphatic carbocycles. The highest BCUT2D eigenvalue weighted by Crippen LogP contribution is 2.09. The zero-order chi connectivity index (χ0) is 17.7. The van der Waals surface area contributed by atoms with Gasteiger partial charge < -0.3 is 30.1 Å². The number of rotatable bonds is 6. The minimum atomic E-state index is -1.78. The monoisotopic (exact) mass is 349 g/mol. The molecule has 1 aromatic carbocycles. The zero-order valence-electron chi connectivity index (χ0n) is 12.2. The van der Waals surface area contributed by atoms with E-state index in [9.17, 15) is 9.59 Å². The molecule has 0 aliphatic rings. The summed E-state index contributed by atoms with van der Waals surface area (Å²) in [5, 5.41) is 40.2. The molecule has 11 heteroatoms. The minimum absolute atomic E-state index is 0.0514. The summed E-state index contributed by atoms with van der Waals surface area (Å²) in [5.41, 5.74) is 0.208. The van der Waals surface area contributed by atoms with Gasteiger partial charge in [0.05, 0.1) is 4.88 Å². The summed E-state index contributed by atoms with van der Waals surface area (Å²) in [7, 11) is -3.47. The highest BCUT2D eigenvalue weighted by molar-refractivity contribution is 7.13. The first-order valence-electron chi connectivity index (χ1n) is 6.77. The van der Waals surface area contributed by atoms with Crippen LogP contribution in [0.2, 0.25) is 0 Å². The highest BCUT2D eigenvalue weighted by atomic mass is 32.1. The average Bonchev–Trinajstić information content (AvgIpc) is 3.02. The lowest BCUT2D eigenvalue weighted by molar-refractivity contribution is -0.133. The van der Waals surface area contributed by atoms with Crippen molar-refractivity contribution in [1.29, 1.82) is 0 Å². The van der Waals surface area contributed by atoms with Crippen LogP contribution in [-0.2, 0) is 4.79 Å². The lowest BCUT2D eigenvalue weighted by Gasteiger charge is -2.08. The summed E-state index contributed by atoms with van der Waals surface area (Å²) in [6.07, 6.45) is 0. The quantitative estimate of drug-likeness (QED) is 0.220. The summed E-state index contributed by atoms with van der Waals surface area (Å²) in [5.74, 6) is -1.30. The molecule has 0 bridgehead atoms. The molecule has 0 radical (unpaired) electrons. The third kappa shape index (κ3) is 4.66. The van der Waals surface area contributed by atoms with Gasteiger partial charge in [0.1, 0.15) is 12.3 Å². The normalized spacial score (nSPS) is 10.2. The van der Waals surface area contributed by atoms with Gasteiger partial charge in [-0.05, 0) is 23.0 Å². The van der Waals surface area contributed by atoms with Crippen molar-refractivity contribution in [1.82, 2.24) is 5.32 Å². The standard InChI is InChI=1S/C13H13B2NO7S/c17-11(23-9-3-1-2-8(6-9)14(19)20)7-16-13(18)12-10(15(21)22)4-5-24-12/h1-6,19-22H,7H2,(H,16,18). The Kier molecular flexibility index (Phi) is 6.12. The van der Waals surface area contributed by atoms with E-state index < -0.39 is 32.7 Å². The number of amides is 1. The van der Waals surface area contributed by atoms with Crippen molar-refractivity contribution in [3.8, 4) is 5.75 Å². The summed E-state index contributed by atoms with van der Waals surface area (Å²) >= 11 is 1.01. The molecule has 0 fully saturated rings. The Labute approximate surface area is 141 Å². The average molecular weight is 349 g/mol. The Balaban J connectivity index is 1.92. The summed E-state index contributed by atoms with van der Waals surface area (Å²) in [6, 6.07) is 7.06. The SMILES string of the molecule is O=C(CNC(=O)c1sccc1B(O)O)Oc1cccc(B(O)O)c1. The fourth-order valence-electron chi connectivity index (χ4n) is 1.85. The highest BCUT2D eigenvalue weighted by Gasteiger charge is 2.22. The Morgan fingerprint density at radius 1 is 1.12 bits per heavy atom. The molecule has 0 unspecified atom stereocenters. The zero-order valence-corrected chi connectivity index (χ0v) is 13.1. The summed E-state index contributed by atoms with van der Waals surface area (Å²) < 4.78 is 4.98. The number of carbonyl (C=O) groups excluding carboxylic acids is 2. The molecule has 0 aliphatic heterocycles. The van der Waals surface area contributed by atoms with Gasteiger partial charge in [0.25, 0.3) is 5.91 Å². The molecule has 0 atom stereocenters. The lowest BCUT2D eigenvalue weighted by Crippen LogP contribution is -2.38. The van der Waals surface area contributed by atoms with E-state index in [1.54, 1.807) is 0 Å². The van der Waals surface area contributed by atoms with Gasteiger partial charge in [-0.1, -0.05) is 18.2 Å². The van der Waals surface area contributed by atoms with E-state index in [0.29, 0.717) is 0 Å². The van der Waals surface area contributed by atoms with Gasteiger partial charge in [0.2, 0.25) is 0 Å². The second-order valence-electron chi connectivity index (χ2n) is 4.68. The van der Waals surface area contributed by atoms with Gasteiger partial charge in [0.15, 0.2) is 0 Å². The van der Waals surface area contributed by atoms with Crippen LogP contribution in [-0.4, -0.2) is 52.8 Å². The maximum Gasteiger partial charge on any atom is 0.490 e. The molecular formula is C13H13B2NO7S. The van der Waals surface area contributed by atoms with Crippen LogP contribution in [0.25, 0.3) is 0 Å². The number of benzene rings is 1. The van der Waals surface area contributed by atoms with Crippen molar-refractivity contribution in [3.63, 3.8) is 0 Å². The van der Waals surface area contributed by atoms with Gasteiger partial charge in [-0.15, -0.1) is 11.3 Å². The van der Waals surface area contributed by atoms with Crippen molar-refractivity contribution < 1.29 is 34.4 Å². The fourth-order valence-corrected chi connectivity index (χ4v) is 2.69. The van der Waals surface area contributed by atoms with Gasteiger partial charge >= 0.3 is 20.2 Å². The number of nitrogens with one attached hydrogen (secondary N) is 1. The van der Waals surface area contributed by atoms with E-state index in [4.69, 9.17) is 24.8 Å². The number of ether oxygens (including phenoxy) is 1. The molecule has 2 aromatic rings. The second-order valence-corrected chi connectivity index (χ2v) is 5.60. The lowest BCUT2D eigenvalue weighted by atomic mass is 9.80. The third-order valence-corrected chi connectivity index (χ3v) is 3.89.